The average molecular weight is 454 g/mol. The van der Waals surface area contributed by atoms with Crippen LogP contribution in [0.2, 0.25) is 0 Å². The Morgan fingerprint density at radius 1 is 1.28 bits per heavy atom. The fourth-order valence-corrected chi connectivity index (χ4v) is 2.88. The predicted molar refractivity (Wildman–Crippen MR) is 105 cm³/mol. The first-order valence-electron chi connectivity index (χ1n) is 7.66. The summed E-state index contributed by atoms with van der Waals surface area (Å²) < 4.78 is 12.0. The molecule has 0 aliphatic heterocycles. The van der Waals surface area contributed by atoms with E-state index in [-0.39, 0.29) is 12.5 Å². The Hall–Kier alpha value is -2.29. The third-order valence-electron chi connectivity index (χ3n) is 3.22. The van der Waals surface area contributed by atoms with Crippen LogP contribution in [0.3, 0.4) is 0 Å². The number of halogens is 1. The minimum absolute atomic E-state index is 0.141. The molecule has 0 radical (unpaired) electrons. The van der Waals surface area contributed by atoms with E-state index in [2.05, 4.69) is 33.1 Å². The van der Waals surface area contributed by atoms with Crippen molar-refractivity contribution >= 4 is 40.4 Å². The summed E-state index contributed by atoms with van der Waals surface area (Å²) in [5, 5.41) is 14.5. The van der Waals surface area contributed by atoms with Gasteiger partial charge in [0, 0.05) is 11.3 Å². The Bertz CT molecular complexity index is 760. The van der Waals surface area contributed by atoms with Crippen LogP contribution in [0.1, 0.15) is 18.1 Å². The van der Waals surface area contributed by atoms with E-state index >= 15 is 0 Å². The number of nitrogens with one attached hydrogen (secondary N) is 1. The maximum atomic E-state index is 12.1. The van der Waals surface area contributed by atoms with Gasteiger partial charge in [0.2, 0.25) is 0 Å². The molecule has 132 valence electrons. The van der Waals surface area contributed by atoms with Crippen LogP contribution in [0.4, 0.5) is 5.69 Å². The van der Waals surface area contributed by atoms with Crippen LogP contribution in [0.5, 0.6) is 11.5 Å². The molecule has 0 heterocycles. The number of hydrogen-bond acceptors (Lipinski definition) is 5. The number of benzene rings is 2. The van der Waals surface area contributed by atoms with E-state index in [9.17, 15) is 4.79 Å². The lowest BCUT2D eigenvalue weighted by molar-refractivity contribution is -0.118. The van der Waals surface area contributed by atoms with Crippen molar-refractivity contribution in [2.45, 2.75) is 13.8 Å². The molecular formula is C18H19IN2O4. The number of rotatable bonds is 7. The normalized spacial score (nSPS) is 10.7. The second-order valence-electron chi connectivity index (χ2n) is 5.21. The van der Waals surface area contributed by atoms with Crippen molar-refractivity contribution in [3.8, 4) is 11.5 Å². The lowest BCUT2D eigenvalue weighted by Gasteiger charge is -2.14. The molecule has 0 saturated carbocycles. The van der Waals surface area contributed by atoms with Gasteiger partial charge >= 0.3 is 0 Å². The molecule has 0 unspecified atom stereocenters. The molecule has 0 fully saturated rings. The van der Waals surface area contributed by atoms with Crippen LogP contribution in [0.25, 0.3) is 0 Å². The van der Waals surface area contributed by atoms with Gasteiger partial charge in [0.15, 0.2) is 18.1 Å². The molecule has 1 amide bonds. The highest BCUT2D eigenvalue weighted by Gasteiger charge is 2.14. The second-order valence-corrected chi connectivity index (χ2v) is 6.37. The molecule has 0 atom stereocenters. The van der Waals surface area contributed by atoms with Gasteiger partial charge in [0.05, 0.1) is 16.4 Å². The van der Waals surface area contributed by atoms with Gasteiger partial charge < -0.3 is 20.0 Å². The van der Waals surface area contributed by atoms with Crippen LogP contribution in [-0.4, -0.2) is 30.5 Å². The Morgan fingerprint density at radius 2 is 2.00 bits per heavy atom. The van der Waals surface area contributed by atoms with Crippen LogP contribution in [0, 0.1) is 10.5 Å². The number of anilines is 1. The Morgan fingerprint density at radius 3 is 2.64 bits per heavy atom. The maximum Gasteiger partial charge on any atom is 0.262 e. The quantitative estimate of drug-likeness (QED) is 0.289. The molecule has 0 spiro atoms. The fraction of sp³-hybridized carbons (Fsp3) is 0.222. The van der Waals surface area contributed by atoms with Gasteiger partial charge in [-0.25, -0.2) is 0 Å². The molecular weight excluding hydrogens is 435 g/mol. The van der Waals surface area contributed by atoms with Gasteiger partial charge in [-0.05, 0) is 60.7 Å². The summed E-state index contributed by atoms with van der Waals surface area (Å²) in [5.74, 6) is 0.715. The largest absolute Gasteiger partial charge is 0.490 e. The molecule has 0 aliphatic carbocycles. The summed E-state index contributed by atoms with van der Waals surface area (Å²) in [6.07, 6.45) is 1.30. The molecule has 2 rings (SSSR count). The van der Waals surface area contributed by atoms with Crippen LogP contribution >= 0.6 is 22.6 Å². The van der Waals surface area contributed by atoms with Crippen LogP contribution in [0.15, 0.2) is 41.6 Å². The van der Waals surface area contributed by atoms with Crippen molar-refractivity contribution in [1.29, 1.82) is 0 Å². The van der Waals surface area contributed by atoms with E-state index in [1.807, 2.05) is 38.1 Å². The number of hydrogen-bond donors (Lipinski definition) is 2. The van der Waals surface area contributed by atoms with E-state index in [1.54, 1.807) is 12.1 Å². The zero-order chi connectivity index (χ0) is 18.2. The molecule has 25 heavy (non-hydrogen) atoms. The van der Waals surface area contributed by atoms with Gasteiger partial charge in [0.25, 0.3) is 5.91 Å². The van der Waals surface area contributed by atoms with Crippen molar-refractivity contribution in [3.63, 3.8) is 0 Å². The number of ether oxygens (including phenoxy) is 2. The van der Waals surface area contributed by atoms with Crippen molar-refractivity contribution < 1.29 is 19.5 Å². The Labute approximate surface area is 160 Å². The van der Waals surface area contributed by atoms with Crippen molar-refractivity contribution in [1.82, 2.24) is 0 Å². The first-order valence-corrected chi connectivity index (χ1v) is 8.74. The van der Waals surface area contributed by atoms with Gasteiger partial charge in [-0.1, -0.05) is 22.9 Å². The highest BCUT2D eigenvalue weighted by molar-refractivity contribution is 14.1. The van der Waals surface area contributed by atoms with Crippen molar-refractivity contribution in [2.24, 2.45) is 5.16 Å². The lowest BCUT2D eigenvalue weighted by Crippen LogP contribution is -2.20. The van der Waals surface area contributed by atoms with E-state index in [4.69, 9.17) is 14.7 Å². The number of carbonyl (C=O) groups is 1. The number of carbonyl (C=O) groups excluding carboxylic acids is 1. The van der Waals surface area contributed by atoms with Crippen molar-refractivity contribution in [3.05, 3.63) is 51.1 Å². The van der Waals surface area contributed by atoms with Gasteiger partial charge in [-0.2, -0.15) is 0 Å². The minimum Gasteiger partial charge on any atom is -0.490 e. The molecule has 0 aliphatic rings. The third-order valence-corrected chi connectivity index (χ3v) is 4.02. The second kappa shape index (κ2) is 9.26. The van der Waals surface area contributed by atoms with Crippen molar-refractivity contribution in [2.75, 3.05) is 18.5 Å². The SMILES string of the molecule is CCOc1cc(/C=N\O)cc(I)c1OCC(=O)Nc1ccc(C)cc1. The third kappa shape index (κ3) is 5.63. The predicted octanol–water partition coefficient (Wildman–Crippen LogP) is 3.82. The van der Waals surface area contributed by atoms with Gasteiger partial charge in [-0.15, -0.1) is 0 Å². The Kier molecular flexibility index (Phi) is 7.05. The first-order chi connectivity index (χ1) is 12.0. The molecule has 0 saturated heterocycles. The number of amides is 1. The highest BCUT2D eigenvalue weighted by atomic mass is 127. The van der Waals surface area contributed by atoms with E-state index < -0.39 is 0 Å². The molecule has 0 aromatic heterocycles. The van der Waals surface area contributed by atoms with Gasteiger partial charge in [0.1, 0.15) is 0 Å². The van der Waals surface area contributed by atoms with Gasteiger partial charge in [-0.3, -0.25) is 4.79 Å². The van der Waals surface area contributed by atoms with Crippen LogP contribution < -0.4 is 14.8 Å². The first kappa shape index (κ1) is 19.0. The summed E-state index contributed by atoms with van der Waals surface area (Å²) in [5.41, 5.74) is 2.51. The molecule has 2 N–H and O–H groups in total. The molecule has 6 nitrogen and oxygen atoms in total. The zero-order valence-electron chi connectivity index (χ0n) is 14.0. The topological polar surface area (TPSA) is 80.2 Å². The van der Waals surface area contributed by atoms with E-state index in [0.29, 0.717) is 29.4 Å². The summed E-state index contributed by atoms with van der Waals surface area (Å²) in [7, 11) is 0. The highest BCUT2D eigenvalue weighted by Crippen LogP contribution is 2.34. The standard InChI is InChI=1S/C18H19IN2O4/c1-3-24-16-9-13(10-20-23)8-15(19)18(16)25-11-17(22)21-14-6-4-12(2)5-7-14/h4-10,23H,3,11H2,1-2H3,(H,21,22)/b20-10-. The average Bonchev–Trinajstić information content (AvgIpc) is 2.57. The number of oxime groups is 1. The molecule has 2 aromatic carbocycles. The summed E-state index contributed by atoms with van der Waals surface area (Å²) >= 11 is 2.08. The lowest BCUT2D eigenvalue weighted by atomic mass is 10.2. The summed E-state index contributed by atoms with van der Waals surface area (Å²) in [6, 6.07) is 11.0. The number of aryl methyl sites for hydroxylation is 1. The smallest absolute Gasteiger partial charge is 0.262 e. The maximum absolute atomic E-state index is 12.1. The molecule has 7 heteroatoms. The minimum atomic E-state index is -0.261. The van der Waals surface area contributed by atoms with Crippen LogP contribution in [-0.2, 0) is 4.79 Å². The molecule has 0 bridgehead atoms. The fourth-order valence-electron chi connectivity index (χ4n) is 2.10. The monoisotopic (exact) mass is 454 g/mol. The summed E-state index contributed by atoms with van der Waals surface area (Å²) in [6.45, 7) is 4.14. The zero-order valence-corrected chi connectivity index (χ0v) is 16.1. The number of nitrogens with zero attached hydrogens (tertiary/aromatic N) is 1. The van der Waals surface area contributed by atoms with E-state index in [1.165, 1.54) is 6.21 Å². The summed E-state index contributed by atoms with van der Waals surface area (Å²) in [4.78, 5) is 12.1. The molecule has 2 aromatic rings. The Balaban J connectivity index is 2.08. The van der Waals surface area contributed by atoms with E-state index in [0.717, 1.165) is 9.13 Å².